The zero-order valence-corrected chi connectivity index (χ0v) is 14.1. The van der Waals surface area contributed by atoms with Crippen molar-refractivity contribution < 1.29 is 8.78 Å². The van der Waals surface area contributed by atoms with Crippen LogP contribution in [0.5, 0.6) is 0 Å². The zero-order chi connectivity index (χ0) is 18.8. The van der Waals surface area contributed by atoms with E-state index in [0.29, 0.717) is 16.5 Å². The second-order valence-corrected chi connectivity index (χ2v) is 5.93. The number of fused-ring (bicyclic) bond motifs is 1. The summed E-state index contributed by atoms with van der Waals surface area (Å²) in [5.41, 5.74) is 0.538. The van der Waals surface area contributed by atoms with Crippen LogP contribution < -0.4 is 5.56 Å². The minimum atomic E-state index is -0.544. The highest BCUT2D eigenvalue weighted by Crippen LogP contribution is 2.18. The number of nitrogens with zero attached hydrogens (tertiary/aromatic N) is 2. The molecule has 0 saturated carbocycles. The van der Waals surface area contributed by atoms with Gasteiger partial charge < -0.3 is 0 Å². The summed E-state index contributed by atoms with van der Waals surface area (Å²) in [7, 11) is 0. The zero-order valence-electron chi connectivity index (χ0n) is 14.1. The van der Waals surface area contributed by atoms with Gasteiger partial charge in [0.2, 0.25) is 0 Å². The minimum Gasteiger partial charge on any atom is -0.268 e. The molecule has 4 aromatic rings. The van der Waals surface area contributed by atoms with Gasteiger partial charge in [-0.05, 0) is 42.5 Å². The van der Waals surface area contributed by atoms with E-state index in [1.54, 1.807) is 54.6 Å². The first-order valence-corrected chi connectivity index (χ1v) is 8.34. The van der Waals surface area contributed by atoms with Crippen LogP contribution in [0.1, 0.15) is 11.4 Å². The Labute approximate surface area is 153 Å². The molecule has 1 aromatic heterocycles. The van der Waals surface area contributed by atoms with Crippen molar-refractivity contribution in [1.82, 2.24) is 9.55 Å². The lowest BCUT2D eigenvalue weighted by molar-refractivity contribution is 0.615. The van der Waals surface area contributed by atoms with Crippen molar-refractivity contribution in [2.24, 2.45) is 0 Å². The van der Waals surface area contributed by atoms with E-state index in [1.807, 2.05) is 0 Å². The van der Waals surface area contributed by atoms with E-state index in [4.69, 9.17) is 0 Å². The number of para-hydroxylation sites is 2. The quantitative estimate of drug-likeness (QED) is 0.524. The van der Waals surface area contributed by atoms with E-state index in [2.05, 4.69) is 4.98 Å². The number of hydrogen-bond donors (Lipinski definition) is 0. The van der Waals surface area contributed by atoms with E-state index in [1.165, 1.54) is 34.9 Å². The Morgan fingerprint density at radius 1 is 0.778 bits per heavy atom. The van der Waals surface area contributed by atoms with Gasteiger partial charge >= 0.3 is 0 Å². The molecule has 5 heteroatoms. The highest BCUT2D eigenvalue weighted by atomic mass is 19.1. The molecule has 0 unspecified atom stereocenters. The molecule has 3 nitrogen and oxygen atoms in total. The van der Waals surface area contributed by atoms with Gasteiger partial charge in [0, 0.05) is 5.56 Å². The van der Waals surface area contributed by atoms with Crippen molar-refractivity contribution in [2.45, 2.75) is 0 Å². The van der Waals surface area contributed by atoms with Gasteiger partial charge in [0.05, 0.1) is 16.6 Å². The maximum absolute atomic E-state index is 14.4. The molecule has 0 radical (unpaired) electrons. The number of aromatic nitrogens is 2. The van der Waals surface area contributed by atoms with Crippen LogP contribution in [-0.4, -0.2) is 9.55 Å². The van der Waals surface area contributed by atoms with Crippen molar-refractivity contribution in [3.63, 3.8) is 0 Å². The van der Waals surface area contributed by atoms with Crippen LogP contribution >= 0.6 is 0 Å². The molecule has 27 heavy (non-hydrogen) atoms. The molecule has 4 rings (SSSR count). The molecular formula is C22H14F2N2O. The second-order valence-electron chi connectivity index (χ2n) is 5.93. The van der Waals surface area contributed by atoms with Crippen molar-refractivity contribution in [3.05, 3.63) is 106 Å². The van der Waals surface area contributed by atoms with Crippen LogP contribution in [-0.2, 0) is 0 Å². The second kappa shape index (κ2) is 6.96. The molecule has 0 aliphatic rings. The lowest BCUT2D eigenvalue weighted by atomic mass is 10.2. The Bertz CT molecular complexity index is 1230. The Kier molecular flexibility index (Phi) is 4.34. The molecule has 0 N–H and O–H groups in total. The molecule has 0 aliphatic carbocycles. The number of benzene rings is 3. The van der Waals surface area contributed by atoms with Crippen LogP contribution in [0.15, 0.2) is 77.6 Å². The first-order chi connectivity index (χ1) is 13.1. The van der Waals surface area contributed by atoms with Gasteiger partial charge in [-0.1, -0.05) is 42.5 Å². The van der Waals surface area contributed by atoms with Gasteiger partial charge in [-0.3, -0.25) is 9.36 Å². The molecule has 0 fully saturated rings. The van der Waals surface area contributed by atoms with Gasteiger partial charge in [0.25, 0.3) is 5.56 Å². The van der Waals surface area contributed by atoms with Crippen molar-refractivity contribution >= 4 is 23.1 Å². The molecule has 132 valence electrons. The van der Waals surface area contributed by atoms with E-state index in [9.17, 15) is 13.6 Å². The third-order valence-electron chi connectivity index (χ3n) is 4.21. The van der Waals surface area contributed by atoms with Gasteiger partial charge in [-0.2, -0.15) is 0 Å². The van der Waals surface area contributed by atoms with Gasteiger partial charge in [-0.15, -0.1) is 0 Å². The summed E-state index contributed by atoms with van der Waals surface area (Å²) < 4.78 is 29.5. The summed E-state index contributed by atoms with van der Waals surface area (Å²) in [6, 6.07) is 19.1. The van der Waals surface area contributed by atoms with E-state index >= 15 is 0 Å². The molecule has 0 aliphatic heterocycles. The average molecular weight is 360 g/mol. The fourth-order valence-corrected chi connectivity index (χ4v) is 2.90. The average Bonchev–Trinajstić information content (AvgIpc) is 2.68. The monoisotopic (exact) mass is 360 g/mol. The summed E-state index contributed by atoms with van der Waals surface area (Å²) in [5, 5.41) is 0.379. The van der Waals surface area contributed by atoms with Gasteiger partial charge in [0.1, 0.15) is 17.5 Å². The summed E-state index contributed by atoms with van der Waals surface area (Å²) in [6.07, 6.45) is 3.03. The smallest absolute Gasteiger partial charge is 0.266 e. The van der Waals surface area contributed by atoms with Crippen LogP contribution in [0, 0.1) is 11.6 Å². The number of halogens is 2. The molecule has 1 heterocycles. The first-order valence-electron chi connectivity index (χ1n) is 8.34. The minimum absolute atomic E-state index is 0.0916. The Balaban J connectivity index is 1.99. The lowest BCUT2D eigenvalue weighted by Crippen LogP contribution is -2.23. The first kappa shape index (κ1) is 16.8. The van der Waals surface area contributed by atoms with Crippen LogP contribution in [0.25, 0.3) is 28.7 Å². The van der Waals surface area contributed by atoms with Gasteiger partial charge in [-0.25, -0.2) is 13.8 Å². The maximum Gasteiger partial charge on any atom is 0.266 e. The fraction of sp³-hybridized carbons (Fsp3) is 0. The standard InChI is InChI=1S/C22H14F2N2O/c23-17-9-3-1-7-15(17)13-14-21-25-19-11-5-2-8-16(19)22(27)26(21)20-12-6-4-10-18(20)24/h1-14H. The van der Waals surface area contributed by atoms with E-state index in [0.717, 1.165) is 0 Å². The Hall–Kier alpha value is -3.60. The molecule has 0 saturated heterocycles. The Morgan fingerprint density at radius 3 is 2.22 bits per heavy atom. The van der Waals surface area contributed by atoms with Crippen molar-refractivity contribution in [2.75, 3.05) is 0 Å². The highest BCUT2D eigenvalue weighted by Gasteiger charge is 2.13. The Morgan fingerprint density at radius 2 is 1.44 bits per heavy atom. The highest BCUT2D eigenvalue weighted by molar-refractivity contribution is 5.80. The molecule has 0 bridgehead atoms. The SMILES string of the molecule is O=c1c2ccccc2nc(C=Cc2ccccc2F)n1-c1ccccc1F. The van der Waals surface area contributed by atoms with Gasteiger partial charge in [0.15, 0.2) is 0 Å². The predicted molar refractivity (Wildman–Crippen MR) is 103 cm³/mol. The number of rotatable bonds is 3. The fourth-order valence-electron chi connectivity index (χ4n) is 2.90. The number of hydrogen-bond acceptors (Lipinski definition) is 2. The van der Waals surface area contributed by atoms with Crippen molar-refractivity contribution in [1.29, 1.82) is 0 Å². The normalized spacial score (nSPS) is 11.3. The predicted octanol–water partition coefficient (Wildman–Crippen LogP) is 4.83. The molecule has 0 amide bonds. The molecule has 0 spiro atoms. The van der Waals surface area contributed by atoms with Crippen LogP contribution in [0.2, 0.25) is 0 Å². The van der Waals surface area contributed by atoms with E-state index < -0.39 is 11.6 Å². The third-order valence-corrected chi connectivity index (χ3v) is 4.21. The maximum atomic E-state index is 14.4. The summed E-state index contributed by atoms with van der Waals surface area (Å²) in [5.74, 6) is -0.724. The van der Waals surface area contributed by atoms with Crippen LogP contribution in [0.4, 0.5) is 8.78 Å². The molecular weight excluding hydrogens is 346 g/mol. The van der Waals surface area contributed by atoms with Crippen LogP contribution in [0.3, 0.4) is 0 Å². The largest absolute Gasteiger partial charge is 0.268 e. The topological polar surface area (TPSA) is 34.9 Å². The summed E-state index contributed by atoms with van der Waals surface area (Å²) in [6.45, 7) is 0. The molecule has 0 atom stereocenters. The van der Waals surface area contributed by atoms with Crippen molar-refractivity contribution in [3.8, 4) is 5.69 Å². The van der Waals surface area contributed by atoms with E-state index in [-0.39, 0.29) is 17.1 Å². The lowest BCUT2D eigenvalue weighted by Gasteiger charge is -2.12. The third kappa shape index (κ3) is 3.15. The summed E-state index contributed by atoms with van der Waals surface area (Å²) >= 11 is 0. The summed E-state index contributed by atoms with van der Waals surface area (Å²) in [4.78, 5) is 17.5. The molecule has 3 aromatic carbocycles.